The lowest BCUT2D eigenvalue weighted by Gasteiger charge is -2.63. The molecule has 0 saturated heterocycles. The van der Waals surface area contributed by atoms with Crippen LogP contribution in [0, 0.1) is 34.5 Å². The number of hydrogen-bond donors (Lipinski definition) is 1. The Bertz CT molecular complexity index is 1220. The molecule has 1 aliphatic rings. The molecule has 4 rings (SSSR count). The molecular weight excluding hydrogens is 396 g/mol. The first kappa shape index (κ1) is 20.2. The van der Waals surface area contributed by atoms with E-state index in [1.165, 1.54) is 0 Å². The predicted molar refractivity (Wildman–Crippen MR) is 119 cm³/mol. The molecule has 0 atom stereocenters. The van der Waals surface area contributed by atoms with E-state index in [-0.39, 0.29) is 28.9 Å². The second-order valence-corrected chi connectivity index (χ2v) is 9.51. The van der Waals surface area contributed by atoms with Crippen LogP contribution in [0.1, 0.15) is 44.9 Å². The number of nitriles is 1. The number of terminal acetylenes is 1. The van der Waals surface area contributed by atoms with Gasteiger partial charge in [-0.25, -0.2) is 0 Å². The number of nitrogens with zero attached hydrogens (tertiary/aromatic N) is 2. The highest BCUT2D eigenvalue weighted by atomic mass is 35.5. The molecule has 5 heteroatoms. The van der Waals surface area contributed by atoms with Gasteiger partial charge in [-0.2, -0.15) is 5.26 Å². The predicted octanol–water partition coefficient (Wildman–Crippen LogP) is 5.91. The molecule has 152 valence electrons. The third-order valence-electron chi connectivity index (χ3n) is 6.34. The molecule has 3 aromatic rings. The van der Waals surface area contributed by atoms with Gasteiger partial charge in [0.05, 0.1) is 16.6 Å². The Morgan fingerprint density at radius 3 is 2.43 bits per heavy atom. The number of ether oxygens (including phenoxy) is 1. The quantitative estimate of drug-likeness (QED) is 0.538. The molecule has 1 aliphatic carbocycles. The highest BCUT2D eigenvalue weighted by Gasteiger charge is 2.64. The Hall–Kier alpha value is -3.08. The number of hydrogen-bond acceptors (Lipinski definition) is 3. The lowest BCUT2D eigenvalue weighted by atomic mass is 9.49. The van der Waals surface area contributed by atoms with E-state index in [9.17, 15) is 5.11 Å². The van der Waals surface area contributed by atoms with Gasteiger partial charge in [-0.3, -0.25) is 0 Å². The van der Waals surface area contributed by atoms with Crippen LogP contribution in [0.25, 0.3) is 10.8 Å². The van der Waals surface area contributed by atoms with E-state index in [1.807, 2.05) is 29.0 Å². The van der Waals surface area contributed by atoms with Crippen molar-refractivity contribution in [2.75, 3.05) is 0 Å². The van der Waals surface area contributed by atoms with Crippen LogP contribution in [-0.4, -0.2) is 15.8 Å². The Kier molecular flexibility index (Phi) is 4.53. The van der Waals surface area contributed by atoms with E-state index in [4.69, 9.17) is 28.0 Å². The molecule has 0 bridgehead atoms. The smallest absolute Gasteiger partial charge is 0.199 e. The molecule has 1 N–H and O–H groups in total. The topological polar surface area (TPSA) is 58.2 Å². The molecule has 4 nitrogen and oxygen atoms in total. The molecule has 1 saturated carbocycles. The molecule has 2 aromatic carbocycles. The summed E-state index contributed by atoms with van der Waals surface area (Å²) in [5.41, 5.74) is 0.659. The maximum absolute atomic E-state index is 10.9. The Labute approximate surface area is 181 Å². The molecular formula is C25H23ClN2O2. The van der Waals surface area contributed by atoms with Gasteiger partial charge < -0.3 is 14.4 Å². The van der Waals surface area contributed by atoms with Crippen LogP contribution in [0.4, 0.5) is 0 Å². The number of halogens is 1. The van der Waals surface area contributed by atoms with Crippen LogP contribution in [0.3, 0.4) is 0 Å². The highest BCUT2D eigenvalue weighted by molar-refractivity contribution is 6.31. The largest absolute Gasteiger partial charge is 0.494 e. The molecule has 0 unspecified atom stereocenters. The molecule has 30 heavy (non-hydrogen) atoms. The summed E-state index contributed by atoms with van der Waals surface area (Å²) in [6.07, 6.45) is 7.37. The molecule has 0 aliphatic heterocycles. The summed E-state index contributed by atoms with van der Waals surface area (Å²) in [5.74, 6) is 3.51. The Balaban J connectivity index is 1.70. The monoisotopic (exact) mass is 418 g/mol. The average Bonchev–Trinajstić information content (AvgIpc) is 3.00. The number of aromatic nitrogens is 1. The van der Waals surface area contributed by atoms with Crippen molar-refractivity contribution in [1.82, 2.24) is 4.57 Å². The molecule has 1 heterocycles. The Morgan fingerprint density at radius 2 is 1.83 bits per heavy atom. The fourth-order valence-electron chi connectivity index (χ4n) is 5.43. The minimum Gasteiger partial charge on any atom is -0.494 e. The zero-order valence-electron chi connectivity index (χ0n) is 17.4. The minimum atomic E-state index is -0.272. The SMILES string of the molecule is C#Cc1ccc2c(O)n(C3C(C)(C)C(Oc4ccc(C#N)c(Cl)c4)C3(C)C)cc2c1. The van der Waals surface area contributed by atoms with Crippen LogP contribution < -0.4 is 4.74 Å². The molecule has 1 aromatic heterocycles. The maximum atomic E-state index is 10.9. The summed E-state index contributed by atoms with van der Waals surface area (Å²) in [6.45, 7) is 8.54. The normalized spacial score (nSPS) is 21.4. The van der Waals surface area contributed by atoms with Gasteiger partial charge in [0.1, 0.15) is 17.9 Å². The van der Waals surface area contributed by atoms with Crippen molar-refractivity contribution in [2.45, 2.75) is 39.8 Å². The van der Waals surface area contributed by atoms with E-state index in [1.54, 1.807) is 18.2 Å². The van der Waals surface area contributed by atoms with E-state index in [0.29, 0.717) is 16.3 Å². The minimum absolute atomic E-state index is 0.00513. The summed E-state index contributed by atoms with van der Waals surface area (Å²) in [5, 5.41) is 22.1. The van der Waals surface area contributed by atoms with E-state index < -0.39 is 0 Å². The second-order valence-electron chi connectivity index (χ2n) is 9.10. The van der Waals surface area contributed by atoms with Crippen molar-refractivity contribution in [3.05, 3.63) is 58.7 Å². The van der Waals surface area contributed by atoms with Gasteiger partial charge in [0.2, 0.25) is 0 Å². The van der Waals surface area contributed by atoms with E-state index in [0.717, 1.165) is 16.3 Å². The fraction of sp³-hybridized carbons (Fsp3) is 0.320. The maximum Gasteiger partial charge on any atom is 0.199 e. The van der Waals surface area contributed by atoms with Crippen molar-refractivity contribution in [2.24, 2.45) is 10.8 Å². The van der Waals surface area contributed by atoms with Gasteiger partial charge in [0, 0.05) is 39.4 Å². The highest BCUT2D eigenvalue weighted by Crippen LogP contribution is 2.64. The first-order valence-corrected chi connectivity index (χ1v) is 10.2. The number of benzene rings is 2. The van der Waals surface area contributed by atoms with Crippen molar-refractivity contribution in [1.29, 1.82) is 5.26 Å². The summed E-state index contributed by atoms with van der Waals surface area (Å²) in [4.78, 5) is 0. The van der Waals surface area contributed by atoms with E-state index >= 15 is 0 Å². The van der Waals surface area contributed by atoms with Crippen LogP contribution >= 0.6 is 11.6 Å². The fourth-order valence-corrected chi connectivity index (χ4v) is 5.65. The van der Waals surface area contributed by atoms with E-state index in [2.05, 4.69) is 39.7 Å². The Morgan fingerprint density at radius 1 is 1.13 bits per heavy atom. The third kappa shape index (κ3) is 2.83. The first-order valence-electron chi connectivity index (χ1n) is 9.77. The summed E-state index contributed by atoms with van der Waals surface area (Å²) < 4.78 is 8.29. The summed E-state index contributed by atoms with van der Waals surface area (Å²) in [6, 6.07) is 12.8. The van der Waals surface area contributed by atoms with Crippen LogP contribution in [0.15, 0.2) is 42.6 Å². The van der Waals surface area contributed by atoms with Gasteiger partial charge in [-0.1, -0.05) is 45.2 Å². The number of rotatable bonds is 3. The molecule has 0 amide bonds. The number of aromatic hydroxyl groups is 1. The third-order valence-corrected chi connectivity index (χ3v) is 6.65. The standard InChI is InChI=1S/C25H23ClN2O2/c1-6-15-7-10-19-17(11-15)14-28(21(19)29)22-24(2,3)23(25(22,4)5)30-18-9-8-16(13-27)20(26)12-18/h1,7-12,14,22-23,29H,2-5H3. The molecule has 0 radical (unpaired) electrons. The van der Waals surface area contributed by atoms with Crippen LogP contribution in [0.2, 0.25) is 5.02 Å². The van der Waals surface area contributed by atoms with Crippen molar-refractivity contribution < 1.29 is 9.84 Å². The van der Waals surface area contributed by atoms with Gasteiger partial charge in [-0.15, -0.1) is 6.42 Å². The molecule has 1 fully saturated rings. The summed E-state index contributed by atoms with van der Waals surface area (Å²) >= 11 is 6.18. The zero-order valence-corrected chi connectivity index (χ0v) is 18.2. The van der Waals surface area contributed by atoms with Gasteiger partial charge >= 0.3 is 0 Å². The van der Waals surface area contributed by atoms with Crippen LogP contribution in [0.5, 0.6) is 11.6 Å². The first-order chi connectivity index (χ1) is 14.1. The lowest BCUT2D eigenvalue weighted by Crippen LogP contribution is -2.66. The number of fused-ring (bicyclic) bond motifs is 1. The summed E-state index contributed by atoms with van der Waals surface area (Å²) in [7, 11) is 0. The van der Waals surface area contributed by atoms with Gasteiger partial charge in [0.15, 0.2) is 5.88 Å². The lowest BCUT2D eigenvalue weighted by molar-refractivity contribution is -0.188. The van der Waals surface area contributed by atoms with Crippen LogP contribution in [-0.2, 0) is 0 Å². The molecule has 0 spiro atoms. The van der Waals surface area contributed by atoms with Crippen molar-refractivity contribution >= 4 is 22.4 Å². The zero-order chi connectivity index (χ0) is 21.8. The average molecular weight is 419 g/mol. The van der Waals surface area contributed by atoms with Crippen molar-refractivity contribution in [3.8, 4) is 30.0 Å². The van der Waals surface area contributed by atoms with Gasteiger partial charge in [-0.05, 0) is 30.3 Å². The van der Waals surface area contributed by atoms with Gasteiger partial charge in [0.25, 0.3) is 0 Å². The van der Waals surface area contributed by atoms with Crippen molar-refractivity contribution in [3.63, 3.8) is 0 Å². The second kappa shape index (κ2) is 6.73.